The van der Waals surface area contributed by atoms with E-state index >= 15 is 8.22 Å². The molecule has 0 aliphatic heterocycles. The lowest BCUT2D eigenvalue weighted by molar-refractivity contribution is 0.612. The van der Waals surface area contributed by atoms with Crippen LogP contribution in [0.15, 0.2) is 0 Å². The Morgan fingerprint density at radius 1 is 0.700 bits per heavy atom. The first kappa shape index (κ1) is 19.9. The van der Waals surface area contributed by atoms with Gasteiger partial charge in [-0.25, -0.2) is 0 Å². The lowest BCUT2D eigenvalue weighted by Crippen LogP contribution is -2.42. The van der Waals surface area contributed by atoms with E-state index in [2.05, 4.69) is 11.1 Å². The van der Waals surface area contributed by atoms with Gasteiger partial charge in [-0.05, 0) is 22.2 Å². The van der Waals surface area contributed by atoms with Crippen molar-refractivity contribution in [3.05, 3.63) is 0 Å². The highest BCUT2D eigenvalue weighted by Gasteiger charge is 2.48. The SMILES string of the molecule is CCC[Si](F)(C#C[Si](F)(CCC)C(C)(C)C)C(C)(C)C. The fourth-order valence-corrected chi connectivity index (χ4v) is 7.60. The molecule has 0 radical (unpaired) electrons. The molecule has 2 atom stereocenters. The zero-order valence-electron chi connectivity index (χ0n) is 14.6. The molecule has 0 bridgehead atoms. The molecule has 0 saturated heterocycles. The minimum atomic E-state index is -3.24. The number of halogens is 2. The van der Waals surface area contributed by atoms with Crippen molar-refractivity contribution in [2.75, 3.05) is 0 Å². The van der Waals surface area contributed by atoms with Crippen molar-refractivity contribution >= 4 is 16.8 Å². The molecule has 4 heteroatoms. The normalized spacial score (nSPS) is 18.7. The summed E-state index contributed by atoms with van der Waals surface area (Å²) in [5.41, 5.74) is 5.76. The Bertz CT molecular complexity index is 337. The van der Waals surface area contributed by atoms with Crippen LogP contribution in [0.1, 0.15) is 68.2 Å². The van der Waals surface area contributed by atoms with Gasteiger partial charge in [-0.3, -0.25) is 8.22 Å². The van der Waals surface area contributed by atoms with E-state index in [-0.39, 0.29) is 0 Å². The summed E-state index contributed by atoms with van der Waals surface area (Å²) >= 11 is 0. The molecule has 0 saturated carbocycles. The molecule has 20 heavy (non-hydrogen) atoms. The van der Waals surface area contributed by atoms with Crippen LogP contribution in [0, 0.1) is 11.1 Å². The van der Waals surface area contributed by atoms with E-state index < -0.39 is 26.9 Å². The lowest BCUT2D eigenvalue weighted by Gasteiger charge is -2.33. The Morgan fingerprint density at radius 3 is 1.10 bits per heavy atom. The van der Waals surface area contributed by atoms with Crippen LogP contribution in [0.2, 0.25) is 22.2 Å². The van der Waals surface area contributed by atoms with Gasteiger partial charge in [0, 0.05) is 0 Å². The highest BCUT2D eigenvalue weighted by atomic mass is 28.4. The molecule has 0 N–H and O–H groups in total. The van der Waals surface area contributed by atoms with E-state index in [9.17, 15) is 0 Å². The Hall–Kier alpha value is -0.146. The largest absolute Gasteiger partial charge is 0.327 e. The first-order valence-corrected chi connectivity index (χ1v) is 11.9. The quantitative estimate of drug-likeness (QED) is 0.323. The first-order valence-electron chi connectivity index (χ1n) is 7.75. The van der Waals surface area contributed by atoms with Crippen LogP contribution < -0.4 is 0 Å². The minimum absolute atomic E-state index is 0.449. The molecule has 0 rings (SSSR count). The van der Waals surface area contributed by atoms with Crippen molar-refractivity contribution in [3.8, 4) is 11.1 Å². The molecule has 0 nitrogen and oxygen atoms in total. The van der Waals surface area contributed by atoms with Crippen molar-refractivity contribution in [2.45, 2.75) is 90.4 Å². The van der Waals surface area contributed by atoms with Crippen LogP contribution in [0.3, 0.4) is 0 Å². The topological polar surface area (TPSA) is 0 Å². The van der Waals surface area contributed by atoms with Gasteiger partial charge in [0.25, 0.3) is 0 Å². The van der Waals surface area contributed by atoms with Gasteiger partial charge in [-0.1, -0.05) is 79.3 Å². The number of hydrogen-bond acceptors (Lipinski definition) is 0. The molecule has 0 heterocycles. The third-order valence-corrected chi connectivity index (χ3v) is 12.5. The molecular formula is C16H32F2Si2. The lowest BCUT2D eigenvalue weighted by atomic mass is 10.2. The molecular weight excluding hydrogens is 286 g/mol. The summed E-state index contributed by atoms with van der Waals surface area (Å²) in [7, 11) is -6.47. The first-order chi connectivity index (χ1) is 8.83. The van der Waals surface area contributed by atoms with Crippen molar-refractivity contribution < 1.29 is 8.22 Å². The third kappa shape index (κ3) is 4.70. The monoisotopic (exact) mass is 318 g/mol. The van der Waals surface area contributed by atoms with Gasteiger partial charge in [0.2, 0.25) is 0 Å². The van der Waals surface area contributed by atoms with Crippen LogP contribution in [0.5, 0.6) is 0 Å². The van der Waals surface area contributed by atoms with Crippen LogP contribution in [0.25, 0.3) is 0 Å². The van der Waals surface area contributed by atoms with Gasteiger partial charge in [0.15, 0.2) is 0 Å². The Balaban J connectivity index is 5.63. The van der Waals surface area contributed by atoms with Crippen LogP contribution in [0.4, 0.5) is 8.22 Å². The van der Waals surface area contributed by atoms with Gasteiger partial charge in [-0.15, -0.1) is 0 Å². The predicted molar refractivity (Wildman–Crippen MR) is 91.1 cm³/mol. The maximum absolute atomic E-state index is 15.3. The summed E-state index contributed by atoms with van der Waals surface area (Å²) in [6.07, 6.45) is 1.55. The average molecular weight is 319 g/mol. The molecule has 0 aliphatic rings. The van der Waals surface area contributed by atoms with E-state index in [4.69, 9.17) is 0 Å². The second kappa shape index (κ2) is 6.74. The molecule has 0 spiro atoms. The smallest absolute Gasteiger partial charge is 0.297 e. The van der Waals surface area contributed by atoms with Gasteiger partial charge in [0.05, 0.1) is 0 Å². The number of rotatable bonds is 4. The molecule has 118 valence electrons. The van der Waals surface area contributed by atoms with Crippen molar-refractivity contribution in [3.63, 3.8) is 0 Å². The van der Waals surface area contributed by atoms with Crippen LogP contribution >= 0.6 is 0 Å². The average Bonchev–Trinajstić information content (AvgIpc) is 2.24. The maximum atomic E-state index is 15.3. The summed E-state index contributed by atoms with van der Waals surface area (Å²) in [6, 6.07) is 1.01. The number of hydrogen-bond donors (Lipinski definition) is 0. The van der Waals surface area contributed by atoms with Gasteiger partial charge in [-0.2, -0.15) is 0 Å². The molecule has 0 aromatic carbocycles. The highest BCUT2D eigenvalue weighted by molar-refractivity contribution is 6.89. The van der Waals surface area contributed by atoms with E-state index in [1.54, 1.807) is 0 Å². The maximum Gasteiger partial charge on any atom is 0.327 e. The highest BCUT2D eigenvalue weighted by Crippen LogP contribution is 2.43. The molecule has 0 amide bonds. The van der Waals surface area contributed by atoms with Gasteiger partial charge >= 0.3 is 16.8 Å². The summed E-state index contributed by atoms with van der Waals surface area (Å²) in [6.45, 7) is 15.4. The van der Waals surface area contributed by atoms with Gasteiger partial charge < -0.3 is 0 Å². The Labute approximate surface area is 127 Å². The predicted octanol–water partition coefficient (Wildman–Crippen LogP) is 6.32. The second-order valence-electron chi connectivity index (χ2n) is 7.85. The summed E-state index contributed by atoms with van der Waals surface area (Å²) in [5.74, 6) is 0. The summed E-state index contributed by atoms with van der Waals surface area (Å²) < 4.78 is 30.6. The second-order valence-corrected chi connectivity index (χ2v) is 15.6. The fraction of sp³-hybridized carbons (Fsp3) is 0.875. The van der Waals surface area contributed by atoms with E-state index in [1.807, 2.05) is 55.4 Å². The van der Waals surface area contributed by atoms with Crippen LogP contribution in [-0.2, 0) is 0 Å². The van der Waals surface area contributed by atoms with Gasteiger partial charge in [0.1, 0.15) is 0 Å². The molecule has 0 aromatic rings. The summed E-state index contributed by atoms with van der Waals surface area (Å²) in [4.78, 5) is 0. The Morgan fingerprint density at radius 2 is 0.950 bits per heavy atom. The van der Waals surface area contributed by atoms with E-state index in [1.165, 1.54) is 0 Å². The zero-order chi connectivity index (χ0) is 16.2. The zero-order valence-corrected chi connectivity index (χ0v) is 16.6. The Kier molecular flexibility index (Phi) is 6.69. The summed E-state index contributed by atoms with van der Waals surface area (Å²) in [5, 5.41) is -0.898. The van der Waals surface area contributed by atoms with E-state index in [0.717, 1.165) is 12.8 Å². The van der Waals surface area contributed by atoms with Crippen molar-refractivity contribution in [1.82, 2.24) is 0 Å². The molecule has 2 unspecified atom stereocenters. The molecule has 0 aliphatic carbocycles. The third-order valence-electron chi connectivity index (χ3n) is 4.03. The standard InChI is InChI=1S/C16H32F2Si2/c1-9-11-19(17,15(3,4)5)13-14-20(18,12-10-2)16(6,7)8/h9-12H2,1-8H3. The minimum Gasteiger partial charge on any atom is -0.297 e. The fourth-order valence-electron chi connectivity index (χ4n) is 2.14. The molecule has 0 aromatic heterocycles. The van der Waals surface area contributed by atoms with E-state index in [0.29, 0.717) is 12.1 Å². The molecule has 0 fully saturated rings. The van der Waals surface area contributed by atoms with Crippen molar-refractivity contribution in [1.29, 1.82) is 0 Å². The van der Waals surface area contributed by atoms with Crippen molar-refractivity contribution in [2.24, 2.45) is 0 Å². The van der Waals surface area contributed by atoms with Crippen LogP contribution in [-0.4, -0.2) is 16.8 Å².